The minimum Gasteiger partial charge on any atom is -0.480 e. The van der Waals surface area contributed by atoms with Gasteiger partial charge in [0.1, 0.15) is 6.04 Å². The minimum absolute atomic E-state index is 0.212. The SMILES string of the molecule is CCC(CC#N)C(N)C(=O)O. The fourth-order valence-electron chi connectivity index (χ4n) is 0.844. The molecule has 0 aromatic heterocycles. The predicted molar refractivity (Wildman–Crippen MR) is 39.6 cm³/mol. The zero-order chi connectivity index (χ0) is 8.85. The van der Waals surface area contributed by atoms with E-state index in [1.807, 2.05) is 13.0 Å². The summed E-state index contributed by atoms with van der Waals surface area (Å²) in [5, 5.41) is 16.8. The maximum atomic E-state index is 10.3. The first kappa shape index (κ1) is 9.92. The van der Waals surface area contributed by atoms with Gasteiger partial charge in [0.25, 0.3) is 0 Å². The van der Waals surface area contributed by atoms with Crippen molar-refractivity contribution in [2.24, 2.45) is 11.7 Å². The van der Waals surface area contributed by atoms with Gasteiger partial charge in [-0.05, 0) is 5.92 Å². The van der Waals surface area contributed by atoms with Crippen LogP contribution >= 0.6 is 0 Å². The standard InChI is InChI=1S/C7H12N2O2/c1-2-5(3-4-8)6(9)7(10)11/h5-6H,2-3,9H2,1H3,(H,10,11). The number of nitriles is 1. The van der Waals surface area contributed by atoms with E-state index in [-0.39, 0.29) is 12.3 Å². The van der Waals surface area contributed by atoms with Gasteiger partial charge >= 0.3 is 5.97 Å². The highest BCUT2D eigenvalue weighted by molar-refractivity contribution is 5.73. The van der Waals surface area contributed by atoms with Crippen LogP contribution < -0.4 is 5.73 Å². The molecule has 0 aliphatic heterocycles. The van der Waals surface area contributed by atoms with Gasteiger partial charge in [0, 0.05) is 6.42 Å². The summed E-state index contributed by atoms with van der Waals surface area (Å²) < 4.78 is 0. The Labute approximate surface area is 65.6 Å². The Morgan fingerprint density at radius 3 is 2.64 bits per heavy atom. The van der Waals surface area contributed by atoms with Crippen LogP contribution in [0.5, 0.6) is 0 Å². The van der Waals surface area contributed by atoms with Crippen LogP contribution in [-0.2, 0) is 4.79 Å². The van der Waals surface area contributed by atoms with Crippen LogP contribution in [0, 0.1) is 17.2 Å². The van der Waals surface area contributed by atoms with E-state index in [1.165, 1.54) is 0 Å². The molecule has 0 aromatic carbocycles. The van der Waals surface area contributed by atoms with Gasteiger partial charge in [0.05, 0.1) is 6.07 Å². The van der Waals surface area contributed by atoms with Gasteiger partial charge in [-0.3, -0.25) is 4.79 Å². The molecule has 0 aromatic rings. The van der Waals surface area contributed by atoms with E-state index in [0.717, 1.165) is 0 Å². The third kappa shape index (κ3) is 3.01. The van der Waals surface area contributed by atoms with Crippen molar-refractivity contribution in [2.75, 3.05) is 0 Å². The third-order valence-corrected chi connectivity index (χ3v) is 1.67. The van der Waals surface area contributed by atoms with Crippen molar-refractivity contribution in [1.82, 2.24) is 0 Å². The number of nitrogens with two attached hydrogens (primary N) is 1. The first-order chi connectivity index (χ1) is 5.13. The van der Waals surface area contributed by atoms with E-state index >= 15 is 0 Å². The fraction of sp³-hybridized carbons (Fsp3) is 0.714. The number of hydrogen-bond donors (Lipinski definition) is 2. The lowest BCUT2D eigenvalue weighted by molar-refractivity contribution is -0.139. The normalized spacial score (nSPS) is 15.0. The fourth-order valence-corrected chi connectivity index (χ4v) is 0.844. The van der Waals surface area contributed by atoms with Crippen molar-refractivity contribution in [1.29, 1.82) is 5.26 Å². The second-order valence-corrected chi connectivity index (χ2v) is 2.39. The maximum absolute atomic E-state index is 10.3. The molecule has 11 heavy (non-hydrogen) atoms. The molecule has 62 valence electrons. The van der Waals surface area contributed by atoms with E-state index in [2.05, 4.69) is 0 Å². The Morgan fingerprint density at radius 2 is 2.36 bits per heavy atom. The molecule has 0 rings (SSSR count). The highest BCUT2D eigenvalue weighted by Gasteiger charge is 2.21. The number of nitrogens with zero attached hydrogens (tertiary/aromatic N) is 1. The number of hydrogen-bond acceptors (Lipinski definition) is 3. The molecule has 4 heteroatoms. The Morgan fingerprint density at radius 1 is 1.82 bits per heavy atom. The predicted octanol–water partition coefficient (Wildman–Crippen LogP) is 0.338. The third-order valence-electron chi connectivity index (χ3n) is 1.67. The van der Waals surface area contributed by atoms with Gasteiger partial charge in [0.15, 0.2) is 0 Å². The topological polar surface area (TPSA) is 87.1 Å². The lowest BCUT2D eigenvalue weighted by Crippen LogP contribution is -2.37. The van der Waals surface area contributed by atoms with Gasteiger partial charge in [-0.1, -0.05) is 13.3 Å². The first-order valence-corrected chi connectivity index (χ1v) is 3.48. The van der Waals surface area contributed by atoms with Crippen LogP contribution in [0.3, 0.4) is 0 Å². The van der Waals surface area contributed by atoms with Crippen molar-refractivity contribution < 1.29 is 9.90 Å². The number of carbonyl (C=O) groups is 1. The number of rotatable bonds is 4. The zero-order valence-electron chi connectivity index (χ0n) is 6.45. The lowest BCUT2D eigenvalue weighted by Gasteiger charge is -2.14. The van der Waals surface area contributed by atoms with Crippen LogP contribution in [0.4, 0.5) is 0 Å². The molecule has 0 bridgehead atoms. The summed E-state index contributed by atoms with van der Waals surface area (Å²) >= 11 is 0. The maximum Gasteiger partial charge on any atom is 0.320 e. The van der Waals surface area contributed by atoms with Gasteiger partial charge in [0.2, 0.25) is 0 Å². The van der Waals surface area contributed by atoms with Gasteiger partial charge < -0.3 is 10.8 Å². The summed E-state index contributed by atoms with van der Waals surface area (Å²) in [5.41, 5.74) is 5.31. The van der Waals surface area contributed by atoms with Gasteiger partial charge in [-0.2, -0.15) is 5.26 Å². The van der Waals surface area contributed by atoms with Crippen molar-refractivity contribution in [3.8, 4) is 6.07 Å². The lowest BCUT2D eigenvalue weighted by atomic mass is 9.95. The van der Waals surface area contributed by atoms with Crippen LogP contribution in [0.15, 0.2) is 0 Å². The monoisotopic (exact) mass is 156 g/mol. The molecule has 0 amide bonds. The highest BCUT2D eigenvalue weighted by Crippen LogP contribution is 2.10. The molecule has 0 spiro atoms. The Balaban J connectivity index is 4.04. The molecule has 0 radical (unpaired) electrons. The van der Waals surface area contributed by atoms with E-state index in [9.17, 15) is 4.79 Å². The molecule has 0 fully saturated rings. The number of aliphatic carboxylic acids is 1. The molecule has 2 unspecified atom stereocenters. The summed E-state index contributed by atoms with van der Waals surface area (Å²) in [6.45, 7) is 1.82. The Bertz CT molecular complexity index is 174. The molecular weight excluding hydrogens is 144 g/mol. The van der Waals surface area contributed by atoms with Crippen LogP contribution in [-0.4, -0.2) is 17.1 Å². The van der Waals surface area contributed by atoms with Crippen molar-refractivity contribution >= 4 is 5.97 Å². The van der Waals surface area contributed by atoms with Crippen LogP contribution in [0.1, 0.15) is 19.8 Å². The quantitative estimate of drug-likeness (QED) is 0.614. The molecule has 2 atom stereocenters. The zero-order valence-corrected chi connectivity index (χ0v) is 6.45. The summed E-state index contributed by atoms with van der Waals surface area (Å²) in [4.78, 5) is 10.3. The molecule has 0 aliphatic carbocycles. The van der Waals surface area contributed by atoms with Crippen LogP contribution in [0.2, 0.25) is 0 Å². The van der Waals surface area contributed by atoms with E-state index in [0.29, 0.717) is 6.42 Å². The second kappa shape index (κ2) is 4.69. The molecule has 0 aliphatic rings. The number of carboxylic acids is 1. The van der Waals surface area contributed by atoms with Crippen LogP contribution in [0.25, 0.3) is 0 Å². The molecule has 4 nitrogen and oxygen atoms in total. The highest BCUT2D eigenvalue weighted by atomic mass is 16.4. The molecule has 0 saturated heterocycles. The van der Waals surface area contributed by atoms with Gasteiger partial charge in [-0.15, -0.1) is 0 Å². The molecular formula is C7H12N2O2. The summed E-state index contributed by atoms with van der Waals surface area (Å²) in [7, 11) is 0. The first-order valence-electron chi connectivity index (χ1n) is 3.48. The smallest absolute Gasteiger partial charge is 0.320 e. The summed E-state index contributed by atoms with van der Waals surface area (Å²) in [6.07, 6.45) is 0.838. The second-order valence-electron chi connectivity index (χ2n) is 2.39. The summed E-state index contributed by atoms with van der Waals surface area (Å²) in [5.74, 6) is -1.26. The Hall–Kier alpha value is -1.08. The minimum atomic E-state index is -1.04. The van der Waals surface area contributed by atoms with Crippen molar-refractivity contribution in [3.63, 3.8) is 0 Å². The van der Waals surface area contributed by atoms with E-state index in [4.69, 9.17) is 16.1 Å². The average Bonchev–Trinajstić information content (AvgIpc) is 1.98. The van der Waals surface area contributed by atoms with E-state index in [1.54, 1.807) is 0 Å². The molecule has 3 N–H and O–H groups in total. The largest absolute Gasteiger partial charge is 0.480 e. The van der Waals surface area contributed by atoms with Crippen molar-refractivity contribution in [3.05, 3.63) is 0 Å². The summed E-state index contributed by atoms with van der Waals surface area (Å²) in [6, 6.07) is 1.01. The number of carboxylic acid groups (broad SMARTS) is 1. The van der Waals surface area contributed by atoms with E-state index < -0.39 is 12.0 Å². The Kier molecular flexibility index (Phi) is 4.23. The molecule has 0 heterocycles. The average molecular weight is 156 g/mol. The van der Waals surface area contributed by atoms with Gasteiger partial charge in [-0.25, -0.2) is 0 Å². The molecule has 0 saturated carbocycles. The van der Waals surface area contributed by atoms with Crippen molar-refractivity contribution in [2.45, 2.75) is 25.8 Å².